The van der Waals surface area contributed by atoms with E-state index in [1.807, 2.05) is 19.9 Å². The van der Waals surface area contributed by atoms with E-state index in [1.54, 1.807) is 24.4 Å². The minimum Gasteiger partial charge on any atom is -0.491 e. The number of hydrogen-bond acceptors (Lipinski definition) is 4. The van der Waals surface area contributed by atoms with Gasteiger partial charge >= 0.3 is 5.97 Å². The molecule has 0 saturated heterocycles. The van der Waals surface area contributed by atoms with Crippen molar-refractivity contribution >= 4 is 16.9 Å². The standard InChI is InChI=1S/C17H21NO3/c1-11(2)10-20-15-8-7-14(17(19)21-12(3)4)13-6-5-9-18-16(13)15/h5-9,11-12H,10H2,1-4H3. The zero-order valence-corrected chi connectivity index (χ0v) is 12.9. The molecule has 0 atom stereocenters. The van der Waals surface area contributed by atoms with Crippen LogP contribution in [0.5, 0.6) is 5.75 Å². The number of hydrogen-bond donors (Lipinski definition) is 0. The summed E-state index contributed by atoms with van der Waals surface area (Å²) in [6.45, 7) is 8.45. The van der Waals surface area contributed by atoms with Crippen LogP contribution < -0.4 is 4.74 Å². The van der Waals surface area contributed by atoms with Crippen molar-refractivity contribution in [2.75, 3.05) is 6.61 Å². The van der Waals surface area contributed by atoms with Gasteiger partial charge in [0.1, 0.15) is 11.3 Å². The maximum absolute atomic E-state index is 12.2. The molecule has 0 fully saturated rings. The Hall–Kier alpha value is -2.10. The number of esters is 1. The minimum atomic E-state index is -0.335. The fourth-order valence-corrected chi connectivity index (χ4v) is 1.98. The fourth-order valence-electron chi connectivity index (χ4n) is 1.98. The maximum Gasteiger partial charge on any atom is 0.339 e. The first-order valence-corrected chi connectivity index (χ1v) is 7.20. The Kier molecular flexibility index (Phi) is 4.78. The van der Waals surface area contributed by atoms with Crippen LogP contribution in [-0.4, -0.2) is 23.7 Å². The van der Waals surface area contributed by atoms with E-state index >= 15 is 0 Å². The number of carbonyl (C=O) groups is 1. The lowest BCUT2D eigenvalue weighted by Gasteiger charge is -2.13. The van der Waals surface area contributed by atoms with Gasteiger partial charge in [-0.15, -0.1) is 0 Å². The molecule has 21 heavy (non-hydrogen) atoms. The number of pyridine rings is 1. The van der Waals surface area contributed by atoms with Gasteiger partial charge in [0.15, 0.2) is 0 Å². The van der Waals surface area contributed by atoms with Crippen molar-refractivity contribution < 1.29 is 14.3 Å². The zero-order valence-electron chi connectivity index (χ0n) is 12.9. The zero-order chi connectivity index (χ0) is 15.4. The highest BCUT2D eigenvalue weighted by Gasteiger charge is 2.16. The van der Waals surface area contributed by atoms with Crippen molar-refractivity contribution in [3.05, 3.63) is 36.0 Å². The molecule has 0 N–H and O–H groups in total. The normalized spacial score (nSPS) is 11.1. The highest BCUT2D eigenvalue weighted by Crippen LogP contribution is 2.27. The average Bonchev–Trinajstić information content (AvgIpc) is 2.43. The van der Waals surface area contributed by atoms with Crippen molar-refractivity contribution in [2.45, 2.75) is 33.8 Å². The molecule has 0 aliphatic rings. The quantitative estimate of drug-likeness (QED) is 0.784. The molecule has 0 bridgehead atoms. The van der Waals surface area contributed by atoms with Crippen LogP contribution in [0.2, 0.25) is 0 Å². The first-order valence-electron chi connectivity index (χ1n) is 7.20. The first-order chi connectivity index (χ1) is 9.99. The molecule has 0 amide bonds. The Labute approximate surface area is 125 Å². The van der Waals surface area contributed by atoms with E-state index in [1.165, 1.54) is 0 Å². The van der Waals surface area contributed by atoms with E-state index in [0.717, 1.165) is 5.39 Å². The summed E-state index contributed by atoms with van der Waals surface area (Å²) < 4.78 is 11.1. The average molecular weight is 287 g/mol. The molecule has 112 valence electrons. The molecule has 1 heterocycles. The van der Waals surface area contributed by atoms with Crippen molar-refractivity contribution in [3.8, 4) is 5.75 Å². The molecule has 0 spiro atoms. The summed E-state index contributed by atoms with van der Waals surface area (Å²) in [5.41, 5.74) is 1.21. The minimum absolute atomic E-state index is 0.152. The van der Waals surface area contributed by atoms with Gasteiger partial charge in [-0.25, -0.2) is 4.79 Å². The van der Waals surface area contributed by atoms with Crippen molar-refractivity contribution in [2.24, 2.45) is 5.92 Å². The predicted octanol–water partition coefficient (Wildman–Crippen LogP) is 3.83. The number of benzene rings is 1. The molecule has 0 aliphatic heterocycles. The van der Waals surface area contributed by atoms with Crippen molar-refractivity contribution in [3.63, 3.8) is 0 Å². The van der Waals surface area contributed by atoms with Crippen LogP contribution in [0, 0.1) is 5.92 Å². The van der Waals surface area contributed by atoms with Gasteiger partial charge in [0.05, 0.1) is 18.3 Å². The topological polar surface area (TPSA) is 48.4 Å². The Balaban J connectivity index is 2.42. The van der Waals surface area contributed by atoms with Gasteiger partial charge in [0, 0.05) is 11.6 Å². The molecule has 1 aromatic heterocycles. The maximum atomic E-state index is 12.2. The molecule has 0 unspecified atom stereocenters. The largest absolute Gasteiger partial charge is 0.491 e. The highest BCUT2D eigenvalue weighted by molar-refractivity contribution is 6.05. The first kappa shape index (κ1) is 15.3. The Morgan fingerprint density at radius 2 is 1.95 bits per heavy atom. The molecule has 0 saturated carbocycles. The lowest BCUT2D eigenvalue weighted by atomic mass is 10.1. The summed E-state index contributed by atoms with van der Waals surface area (Å²) in [7, 11) is 0. The number of ether oxygens (including phenoxy) is 2. The van der Waals surface area contributed by atoms with Gasteiger partial charge in [-0.3, -0.25) is 4.98 Å². The molecule has 2 rings (SSSR count). The summed E-state index contributed by atoms with van der Waals surface area (Å²) in [4.78, 5) is 16.5. The second kappa shape index (κ2) is 6.57. The van der Waals surface area contributed by atoms with Gasteiger partial charge in [-0.1, -0.05) is 19.9 Å². The monoisotopic (exact) mass is 287 g/mol. The molecule has 0 aliphatic carbocycles. The van der Waals surface area contributed by atoms with Crippen LogP contribution >= 0.6 is 0 Å². The van der Waals surface area contributed by atoms with Crippen LogP contribution in [0.1, 0.15) is 38.1 Å². The molecule has 1 aromatic carbocycles. The van der Waals surface area contributed by atoms with Crippen LogP contribution in [0.25, 0.3) is 10.9 Å². The van der Waals surface area contributed by atoms with Crippen LogP contribution in [0.3, 0.4) is 0 Å². The third-order valence-electron chi connectivity index (χ3n) is 2.87. The number of fused-ring (bicyclic) bond motifs is 1. The smallest absolute Gasteiger partial charge is 0.339 e. The van der Waals surface area contributed by atoms with Crippen molar-refractivity contribution in [1.29, 1.82) is 0 Å². The SMILES string of the molecule is CC(C)COc1ccc(C(=O)OC(C)C)c2cccnc12. The number of carbonyl (C=O) groups excluding carboxylic acids is 1. The Morgan fingerprint density at radius 3 is 2.62 bits per heavy atom. The molecular formula is C17H21NO3. The Morgan fingerprint density at radius 1 is 1.19 bits per heavy atom. The lowest BCUT2D eigenvalue weighted by molar-refractivity contribution is 0.0380. The van der Waals surface area contributed by atoms with E-state index in [-0.39, 0.29) is 12.1 Å². The summed E-state index contributed by atoms with van der Waals surface area (Å²) in [5.74, 6) is 0.785. The second-order valence-electron chi connectivity index (χ2n) is 5.67. The van der Waals surface area contributed by atoms with Gasteiger partial charge in [-0.2, -0.15) is 0 Å². The van der Waals surface area contributed by atoms with E-state index < -0.39 is 0 Å². The van der Waals surface area contributed by atoms with E-state index in [0.29, 0.717) is 29.4 Å². The molecule has 4 heteroatoms. The van der Waals surface area contributed by atoms with E-state index in [4.69, 9.17) is 9.47 Å². The van der Waals surface area contributed by atoms with Crippen LogP contribution in [0.15, 0.2) is 30.5 Å². The van der Waals surface area contributed by atoms with Gasteiger partial charge < -0.3 is 9.47 Å². The second-order valence-corrected chi connectivity index (χ2v) is 5.67. The van der Waals surface area contributed by atoms with E-state index in [2.05, 4.69) is 18.8 Å². The van der Waals surface area contributed by atoms with Crippen molar-refractivity contribution in [1.82, 2.24) is 4.98 Å². The van der Waals surface area contributed by atoms with Crippen LogP contribution in [-0.2, 0) is 4.74 Å². The summed E-state index contributed by atoms with van der Waals surface area (Å²) >= 11 is 0. The molecule has 2 aromatic rings. The number of aromatic nitrogens is 1. The van der Waals surface area contributed by atoms with Gasteiger partial charge in [-0.05, 0) is 38.0 Å². The molecular weight excluding hydrogens is 266 g/mol. The van der Waals surface area contributed by atoms with Gasteiger partial charge in [0.25, 0.3) is 0 Å². The van der Waals surface area contributed by atoms with Crippen LogP contribution in [0.4, 0.5) is 0 Å². The highest BCUT2D eigenvalue weighted by atomic mass is 16.5. The predicted molar refractivity (Wildman–Crippen MR) is 82.6 cm³/mol. The number of rotatable bonds is 5. The summed E-state index contributed by atoms with van der Waals surface area (Å²) in [6, 6.07) is 7.20. The lowest BCUT2D eigenvalue weighted by Crippen LogP contribution is -2.12. The molecule has 0 radical (unpaired) electrons. The Bertz CT molecular complexity index is 635. The number of nitrogens with zero attached hydrogens (tertiary/aromatic N) is 1. The van der Waals surface area contributed by atoms with Gasteiger partial charge in [0.2, 0.25) is 0 Å². The molecule has 4 nitrogen and oxygen atoms in total. The summed E-state index contributed by atoms with van der Waals surface area (Å²) in [5, 5.41) is 0.754. The third-order valence-corrected chi connectivity index (χ3v) is 2.87. The summed E-state index contributed by atoms with van der Waals surface area (Å²) in [6.07, 6.45) is 1.54. The third kappa shape index (κ3) is 3.72. The fraction of sp³-hybridized carbons (Fsp3) is 0.412. The van der Waals surface area contributed by atoms with E-state index in [9.17, 15) is 4.79 Å².